The minimum atomic E-state index is 0. The Hall–Kier alpha value is -1.57. The van der Waals surface area contributed by atoms with Crippen molar-refractivity contribution in [3.8, 4) is 0 Å². The molecule has 106 valence electrons. The van der Waals surface area contributed by atoms with Crippen molar-refractivity contribution in [3.05, 3.63) is 77.4 Å². The topological polar surface area (TPSA) is 3.24 Å². The molecule has 2 rings (SSSR count). The smallest absolute Gasteiger partial charge is 0.0166 e. The summed E-state index contributed by atoms with van der Waals surface area (Å²) in [5.41, 5.74) is 5.22. The molecule has 20 heavy (non-hydrogen) atoms. The summed E-state index contributed by atoms with van der Waals surface area (Å²) in [6, 6.07) is 19.2. The molecular formula is C18H22ClN. The van der Waals surface area contributed by atoms with Crippen LogP contribution < -0.4 is 0 Å². The van der Waals surface area contributed by atoms with Crippen LogP contribution in [0, 0.1) is 6.92 Å². The highest BCUT2D eigenvalue weighted by atomic mass is 35.5. The summed E-state index contributed by atoms with van der Waals surface area (Å²) < 4.78 is 0. The summed E-state index contributed by atoms with van der Waals surface area (Å²) in [5, 5.41) is 0. The molecule has 0 aromatic heterocycles. The first kappa shape index (κ1) is 16.5. The normalized spacial score (nSPS) is 11.3. The summed E-state index contributed by atoms with van der Waals surface area (Å²) in [4.78, 5) is 2.18. The molecule has 0 unspecified atom stereocenters. The predicted molar refractivity (Wildman–Crippen MR) is 90.5 cm³/mol. The van der Waals surface area contributed by atoms with Crippen LogP contribution in [0.2, 0.25) is 0 Å². The van der Waals surface area contributed by atoms with Gasteiger partial charge in [-0.25, -0.2) is 0 Å². The van der Waals surface area contributed by atoms with E-state index >= 15 is 0 Å². The molecule has 0 aliphatic heterocycles. The van der Waals surface area contributed by atoms with Crippen LogP contribution in [0.3, 0.4) is 0 Å². The van der Waals surface area contributed by atoms with Crippen LogP contribution in [0.15, 0.2) is 60.7 Å². The van der Waals surface area contributed by atoms with E-state index in [1.54, 1.807) is 0 Å². The molecule has 0 amide bonds. The first-order chi connectivity index (χ1) is 9.18. The van der Waals surface area contributed by atoms with E-state index in [1.807, 2.05) is 0 Å². The van der Waals surface area contributed by atoms with Crippen molar-refractivity contribution in [2.75, 3.05) is 20.6 Å². The van der Waals surface area contributed by atoms with E-state index < -0.39 is 0 Å². The zero-order valence-corrected chi connectivity index (χ0v) is 13.2. The molecule has 0 radical (unpaired) electrons. The second kappa shape index (κ2) is 7.88. The third-order valence-corrected chi connectivity index (χ3v) is 3.18. The minimum Gasteiger partial charge on any atom is -0.306 e. The van der Waals surface area contributed by atoms with Crippen LogP contribution in [0.25, 0.3) is 5.57 Å². The van der Waals surface area contributed by atoms with E-state index in [-0.39, 0.29) is 12.4 Å². The van der Waals surface area contributed by atoms with Gasteiger partial charge in [-0.1, -0.05) is 60.7 Å². The fraction of sp³-hybridized carbons (Fsp3) is 0.222. The molecular weight excluding hydrogens is 266 g/mol. The third-order valence-electron chi connectivity index (χ3n) is 3.18. The largest absolute Gasteiger partial charge is 0.306 e. The van der Waals surface area contributed by atoms with Crippen molar-refractivity contribution < 1.29 is 0 Å². The Labute approximate surface area is 128 Å². The lowest BCUT2D eigenvalue weighted by molar-refractivity contribution is 0.457. The summed E-state index contributed by atoms with van der Waals surface area (Å²) in [6.45, 7) is 3.11. The number of hydrogen-bond acceptors (Lipinski definition) is 1. The maximum absolute atomic E-state index is 2.30. The summed E-state index contributed by atoms with van der Waals surface area (Å²) in [6.07, 6.45) is 2.30. The number of benzene rings is 2. The van der Waals surface area contributed by atoms with Gasteiger partial charge in [0, 0.05) is 6.54 Å². The molecule has 0 aliphatic carbocycles. The van der Waals surface area contributed by atoms with E-state index in [0.29, 0.717) is 0 Å². The van der Waals surface area contributed by atoms with Crippen LogP contribution in [0.1, 0.15) is 16.7 Å². The number of aryl methyl sites for hydroxylation is 1. The molecule has 0 heterocycles. The van der Waals surface area contributed by atoms with E-state index in [4.69, 9.17) is 0 Å². The van der Waals surface area contributed by atoms with E-state index in [1.165, 1.54) is 22.3 Å². The van der Waals surface area contributed by atoms with Crippen molar-refractivity contribution in [1.29, 1.82) is 0 Å². The summed E-state index contributed by atoms with van der Waals surface area (Å²) >= 11 is 0. The maximum atomic E-state index is 2.30. The molecule has 0 spiro atoms. The fourth-order valence-corrected chi connectivity index (χ4v) is 2.15. The summed E-state index contributed by atoms with van der Waals surface area (Å²) in [7, 11) is 4.19. The van der Waals surface area contributed by atoms with Gasteiger partial charge in [0.25, 0.3) is 0 Å². The van der Waals surface area contributed by atoms with Crippen LogP contribution in [0.5, 0.6) is 0 Å². The van der Waals surface area contributed by atoms with E-state index in [9.17, 15) is 0 Å². The average Bonchev–Trinajstić information content (AvgIpc) is 2.42. The Morgan fingerprint density at radius 2 is 1.55 bits per heavy atom. The minimum absolute atomic E-state index is 0. The van der Waals surface area contributed by atoms with E-state index in [0.717, 1.165) is 6.54 Å². The lowest BCUT2D eigenvalue weighted by Gasteiger charge is -2.13. The Morgan fingerprint density at radius 3 is 2.15 bits per heavy atom. The number of rotatable bonds is 4. The summed E-state index contributed by atoms with van der Waals surface area (Å²) in [5.74, 6) is 0. The van der Waals surface area contributed by atoms with Crippen LogP contribution in [-0.4, -0.2) is 25.5 Å². The van der Waals surface area contributed by atoms with Crippen molar-refractivity contribution in [1.82, 2.24) is 4.90 Å². The highest BCUT2D eigenvalue weighted by Gasteiger charge is 2.06. The van der Waals surface area contributed by atoms with Crippen molar-refractivity contribution in [2.24, 2.45) is 0 Å². The second-order valence-corrected chi connectivity index (χ2v) is 5.06. The van der Waals surface area contributed by atoms with Gasteiger partial charge in [0.15, 0.2) is 0 Å². The highest BCUT2D eigenvalue weighted by Crippen LogP contribution is 2.25. The van der Waals surface area contributed by atoms with E-state index in [2.05, 4.69) is 86.6 Å². The number of halogens is 1. The highest BCUT2D eigenvalue weighted by molar-refractivity contribution is 5.85. The first-order valence-electron chi connectivity index (χ1n) is 6.65. The van der Waals surface area contributed by atoms with Crippen molar-refractivity contribution in [3.63, 3.8) is 0 Å². The number of hydrogen-bond donors (Lipinski definition) is 0. The molecule has 0 aliphatic rings. The molecule has 0 fully saturated rings. The molecule has 2 aromatic carbocycles. The van der Waals surface area contributed by atoms with Gasteiger partial charge >= 0.3 is 0 Å². The first-order valence-corrected chi connectivity index (χ1v) is 6.65. The predicted octanol–water partition coefficient (Wildman–Crippen LogP) is 4.41. The second-order valence-electron chi connectivity index (χ2n) is 5.06. The van der Waals surface area contributed by atoms with Gasteiger partial charge in [0.2, 0.25) is 0 Å². The molecule has 0 saturated heterocycles. The fourth-order valence-electron chi connectivity index (χ4n) is 2.15. The molecule has 2 aromatic rings. The molecule has 0 bridgehead atoms. The molecule has 0 atom stereocenters. The third kappa shape index (κ3) is 4.22. The molecule has 0 saturated carbocycles. The van der Waals surface area contributed by atoms with Gasteiger partial charge in [-0.3, -0.25) is 0 Å². The van der Waals surface area contributed by atoms with Gasteiger partial charge in [-0.15, -0.1) is 12.4 Å². The Balaban J connectivity index is 0.00000200. The van der Waals surface area contributed by atoms with Crippen LogP contribution >= 0.6 is 12.4 Å². The van der Waals surface area contributed by atoms with Gasteiger partial charge in [-0.2, -0.15) is 0 Å². The zero-order valence-electron chi connectivity index (χ0n) is 12.3. The maximum Gasteiger partial charge on any atom is 0.0166 e. The van der Waals surface area contributed by atoms with Crippen molar-refractivity contribution >= 4 is 18.0 Å². The standard InChI is InChI=1S/C18H21N.ClH/c1-15-9-7-8-12-17(15)18(13-14-19(2)3)16-10-5-4-6-11-16;/h4-13H,14H2,1-3H3;1H/b18-13-;. The monoisotopic (exact) mass is 287 g/mol. The van der Waals surface area contributed by atoms with Gasteiger partial charge < -0.3 is 4.90 Å². The Morgan fingerprint density at radius 1 is 0.950 bits per heavy atom. The van der Waals surface area contributed by atoms with Crippen molar-refractivity contribution in [2.45, 2.75) is 6.92 Å². The SMILES string of the molecule is Cc1ccccc1/C(=C\CN(C)C)c1ccccc1.Cl. The lowest BCUT2D eigenvalue weighted by Crippen LogP contribution is -2.11. The molecule has 0 N–H and O–H groups in total. The molecule has 2 heteroatoms. The average molecular weight is 288 g/mol. The van der Waals surface area contributed by atoms with Gasteiger partial charge in [-0.05, 0) is 43.3 Å². The number of likely N-dealkylation sites (N-methyl/N-ethyl adjacent to an activating group) is 1. The number of nitrogens with zero attached hydrogens (tertiary/aromatic N) is 1. The Kier molecular flexibility index (Phi) is 6.50. The van der Waals surface area contributed by atoms with Crippen LogP contribution in [-0.2, 0) is 0 Å². The van der Waals surface area contributed by atoms with Gasteiger partial charge in [0.05, 0.1) is 0 Å². The lowest BCUT2D eigenvalue weighted by atomic mass is 9.94. The Bertz CT molecular complexity index is 559. The zero-order chi connectivity index (χ0) is 13.7. The van der Waals surface area contributed by atoms with Crippen LogP contribution in [0.4, 0.5) is 0 Å². The van der Waals surface area contributed by atoms with Gasteiger partial charge in [0.1, 0.15) is 0 Å². The molecule has 1 nitrogen and oxygen atoms in total. The quantitative estimate of drug-likeness (QED) is 0.805.